The molecular weight excluding hydrogens is 380 g/mol. The van der Waals surface area contributed by atoms with Crippen molar-refractivity contribution >= 4 is 33.4 Å². The molecule has 0 fully saturated rings. The van der Waals surface area contributed by atoms with E-state index in [1.165, 1.54) is 30.2 Å². The van der Waals surface area contributed by atoms with E-state index in [4.69, 9.17) is 0 Å². The van der Waals surface area contributed by atoms with Crippen molar-refractivity contribution in [1.82, 2.24) is 4.31 Å². The minimum Gasteiger partial charge on any atom is -0.312 e. The summed E-state index contributed by atoms with van der Waals surface area (Å²) in [6.07, 6.45) is 0. The summed E-state index contributed by atoms with van der Waals surface area (Å²) in [5.41, 5.74) is 1.77. The molecule has 0 aliphatic rings. The van der Waals surface area contributed by atoms with Gasteiger partial charge in [0.1, 0.15) is 0 Å². The molecule has 5 nitrogen and oxygen atoms in total. The molecule has 1 atom stereocenters. The first-order chi connectivity index (χ1) is 12.8. The highest BCUT2D eigenvalue weighted by atomic mass is 32.2. The standard InChI is InChI=1S/C20H26N2O3S2/c1-5-22(18-11-7-6-8-12-18)20(23)16(2)26-15-17-10-9-13-19(14-17)27(24,25)21(3)4/h6-14,16H,5,15H2,1-4H3/t16-/m1/s1. The normalized spacial score (nSPS) is 12.8. The van der Waals surface area contributed by atoms with E-state index >= 15 is 0 Å². The second kappa shape index (κ2) is 9.39. The summed E-state index contributed by atoms with van der Waals surface area (Å²) in [4.78, 5) is 14.9. The van der Waals surface area contributed by atoms with E-state index < -0.39 is 10.0 Å². The van der Waals surface area contributed by atoms with Crippen molar-refractivity contribution in [2.75, 3.05) is 25.5 Å². The number of carbonyl (C=O) groups is 1. The Kier molecular flexibility index (Phi) is 7.47. The molecular formula is C20H26N2O3S2. The maximum Gasteiger partial charge on any atom is 0.242 e. The van der Waals surface area contributed by atoms with Gasteiger partial charge in [0.25, 0.3) is 0 Å². The molecule has 0 aliphatic heterocycles. The fourth-order valence-electron chi connectivity index (χ4n) is 2.59. The van der Waals surface area contributed by atoms with Crippen LogP contribution < -0.4 is 4.90 Å². The van der Waals surface area contributed by atoms with Gasteiger partial charge in [-0.1, -0.05) is 30.3 Å². The van der Waals surface area contributed by atoms with E-state index in [9.17, 15) is 13.2 Å². The molecule has 2 rings (SSSR count). The maximum atomic E-state index is 12.8. The van der Waals surface area contributed by atoms with Crippen LogP contribution in [0.3, 0.4) is 0 Å². The van der Waals surface area contributed by atoms with Crippen LogP contribution in [0.1, 0.15) is 19.4 Å². The quantitative estimate of drug-likeness (QED) is 0.672. The fourth-order valence-corrected chi connectivity index (χ4v) is 4.46. The molecule has 0 unspecified atom stereocenters. The molecule has 0 saturated carbocycles. The van der Waals surface area contributed by atoms with Gasteiger partial charge in [-0.05, 0) is 43.7 Å². The van der Waals surface area contributed by atoms with E-state index in [1.54, 1.807) is 23.1 Å². The van der Waals surface area contributed by atoms with Crippen molar-refractivity contribution < 1.29 is 13.2 Å². The van der Waals surface area contributed by atoms with Gasteiger partial charge >= 0.3 is 0 Å². The largest absolute Gasteiger partial charge is 0.312 e. The van der Waals surface area contributed by atoms with Gasteiger partial charge in [-0.3, -0.25) is 4.79 Å². The number of hydrogen-bond donors (Lipinski definition) is 0. The van der Waals surface area contributed by atoms with Gasteiger partial charge in [0.2, 0.25) is 15.9 Å². The number of rotatable bonds is 8. The third-order valence-corrected chi connectivity index (χ3v) is 7.19. The number of thioether (sulfide) groups is 1. The number of benzene rings is 2. The van der Waals surface area contributed by atoms with Crippen LogP contribution in [-0.4, -0.2) is 44.5 Å². The topological polar surface area (TPSA) is 57.7 Å². The van der Waals surface area contributed by atoms with E-state index in [0.717, 1.165) is 11.3 Å². The van der Waals surface area contributed by atoms with E-state index in [2.05, 4.69) is 0 Å². The first-order valence-electron chi connectivity index (χ1n) is 8.77. The van der Waals surface area contributed by atoms with Gasteiger partial charge in [0.05, 0.1) is 10.1 Å². The van der Waals surface area contributed by atoms with E-state index in [1.807, 2.05) is 50.2 Å². The molecule has 2 aromatic carbocycles. The molecule has 27 heavy (non-hydrogen) atoms. The zero-order chi connectivity index (χ0) is 20.0. The van der Waals surface area contributed by atoms with Crippen LogP contribution in [-0.2, 0) is 20.6 Å². The van der Waals surface area contributed by atoms with Crippen LogP contribution in [0.25, 0.3) is 0 Å². The predicted octanol–water partition coefficient (Wildman–Crippen LogP) is 3.61. The van der Waals surface area contributed by atoms with Crippen LogP contribution in [0.15, 0.2) is 59.5 Å². The van der Waals surface area contributed by atoms with Crippen molar-refractivity contribution in [2.24, 2.45) is 0 Å². The van der Waals surface area contributed by atoms with Crippen molar-refractivity contribution in [1.29, 1.82) is 0 Å². The Labute approximate surface area is 166 Å². The minimum atomic E-state index is -3.46. The first kappa shape index (κ1) is 21.5. The van der Waals surface area contributed by atoms with Gasteiger partial charge in [-0.15, -0.1) is 11.8 Å². The summed E-state index contributed by atoms with van der Waals surface area (Å²) in [5.74, 6) is 0.613. The molecule has 2 aromatic rings. The SMILES string of the molecule is CCN(C(=O)[C@@H](C)SCc1cccc(S(=O)(=O)N(C)C)c1)c1ccccc1. The summed E-state index contributed by atoms with van der Waals surface area (Å²) in [6, 6.07) is 16.5. The molecule has 0 bridgehead atoms. The average molecular weight is 407 g/mol. The number of anilines is 1. The summed E-state index contributed by atoms with van der Waals surface area (Å²) < 4.78 is 25.7. The third kappa shape index (κ3) is 5.34. The van der Waals surface area contributed by atoms with Crippen LogP contribution in [0.4, 0.5) is 5.69 Å². The van der Waals surface area contributed by atoms with Crippen LogP contribution in [0, 0.1) is 0 Å². The lowest BCUT2D eigenvalue weighted by Crippen LogP contribution is -2.36. The Morgan fingerprint density at radius 2 is 1.74 bits per heavy atom. The molecule has 0 spiro atoms. The van der Waals surface area contributed by atoms with Gasteiger partial charge in [0, 0.05) is 32.1 Å². The molecule has 0 aliphatic carbocycles. The monoisotopic (exact) mass is 406 g/mol. The molecule has 0 N–H and O–H groups in total. The smallest absolute Gasteiger partial charge is 0.242 e. The average Bonchev–Trinajstić information content (AvgIpc) is 2.67. The molecule has 146 valence electrons. The molecule has 0 saturated heterocycles. The summed E-state index contributed by atoms with van der Waals surface area (Å²) in [5, 5.41) is -0.237. The lowest BCUT2D eigenvalue weighted by atomic mass is 10.2. The van der Waals surface area contributed by atoms with Gasteiger partial charge in [0.15, 0.2) is 0 Å². The molecule has 1 amide bonds. The molecule has 7 heteroatoms. The predicted molar refractivity (Wildman–Crippen MR) is 113 cm³/mol. The van der Waals surface area contributed by atoms with Gasteiger partial charge in [-0.2, -0.15) is 0 Å². The van der Waals surface area contributed by atoms with Gasteiger partial charge < -0.3 is 4.90 Å². The summed E-state index contributed by atoms with van der Waals surface area (Å²) >= 11 is 1.50. The summed E-state index contributed by atoms with van der Waals surface area (Å²) in [6.45, 7) is 4.45. The Bertz CT molecular complexity index is 868. The molecule has 0 radical (unpaired) electrons. The molecule has 0 heterocycles. The maximum absolute atomic E-state index is 12.8. The van der Waals surface area contributed by atoms with Crippen molar-refractivity contribution in [3.8, 4) is 0 Å². The van der Waals surface area contributed by atoms with Crippen molar-refractivity contribution in [3.63, 3.8) is 0 Å². The number of sulfonamides is 1. The van der Waals surface area contributed by atoms with Crippen molar-refractivity contribution in [3.05, 3.63) is 60.2 Å². The highest BCUT2D eigenvalue weighted by molar-refractivity contribution is 7.99. The van der Waals surface area contributed by atoms with Crippen LogP contribution >= 0.6 is 11.8 Å². The summed E-state index contributed by atoms with van der Waals surface area (Å²) in [7, 11) is -0.430. The highest BCUT2D eigenvalue weighted by Gasteiger charge is 2.22. The first-order valence-corrected chi connectivity index (χ1v) is 11.3. The van der Waals surface area contributed by atoms with E-state index in [0.29, 0.717) is 12.3 Å². The second-order valence-electron chi connectivity index (χ2n) is 6.31. The van der Waals surface area contributed by atoms with Crippen molar-refractivity contribution in [2.45, 2.75) is 29.7 Å². The molecule has 0 aromatic heterocycles. The number of hydrogen-bond acceptors (Lipinski definition) is 4. The van der Waals surface area contributed by atoms with E-state index in [-0.39, 0.29) is 16.1 Å². The number of nitrogens with zero attached hydrogens (tertiary/aromatic N) is 2. The minimum absolute atomic E-state index is 0.0470. The number of para-hydroxylation sites is 1. The number of carbonyl (C=O) groups excluding carboxylic acids is 1. The van der Waals surface area contributed by atoms with Crippen LogP contribution in [0.2, 0.25) is 0 Å². The zero-order valence-electron chi connectivity index (χ0n) is 16.1. The Balaban J connectivity index is 2.07. The Morgan fingerprint density at radius 3 is 2.33 bits per heavy atom. The lowest BCUT2D eigenvalue weighted by molar-refractivity contribution is -0.117. The Morgan fingerprint density at radius 1 is 1.07 bits per heavy atom. The van der Waals surface area contributed by atoms with Crippen LogP contribution in [0.5, 0.6) is 0 Å². The highest BCUT2D eigenvalue weighted by Crippen LogP contribution is 2.24. The Hall–Kier alpha value is -1.83. The zero-order valence-corrected chi connectivity index (χ0v) is 17.8. The second-order valence-corrected chi connectivity index (χ2v) is 9.79. The fraction of sp³-hybridized carbons (Fsp3) is 0.350. The lowest BCUT2D eigenvalue weighted by Gasteiger charge is -2.24. The third-order valence-electron chi connectivity index (χ3n) is 4.17. The number of amides is 1. The van der Waals surface area contributed by atoms with Gasteiger partial charge in [-0.25, -0.2) is 12.7 Å².